The van der Waals surface area contributed by atoms with Crippen LogP contribution in [-0.4, -0.2) is 98.7 Å². The zero-order valence-electron chi connectivity index (χ0n) is 30.1. The summed E-state index contributed by atoms with van der Waals surface area (Å²) in [4.78, 5) is 66.1. The van der Waals surface area contributed by atoms with Crippen LogP contribution in [0, 0.1) is 30.6 Å². The van der Waals surface area contributed by atoms with Gasteiger partial charge in [0, 0.05) is 55.8 Å². The van der Waals surface area contributed by atoms with Crippen LogP contribution in [0.4, 0.5) is 0 Å². The highest BCUT2D eigenvalue weighted by Gasteiger charge is 2.53. The van der Waals surface area contributed by atoms with E-state index in [0.717, 1.165) is 6.26 Å². The van der Waals surface area contributed by atoms with Gasteiger partial charge >= 0.3 is 11.8 Å². The largest absolute Gasteiger partial charge is 0.507 e. The van der Waals surface area contributed by atoms with E-state index >= 15 is 0 Å². The van der Waals surface area contributed by atoms with Crippen LogP contribution in [-0.2, 0) is 28.6 Å². The number of ether oxygens (including phenoxy) is 4. The van der Waals surface area contributed by atoms with Crippen molar-refractivity contribution in [2.75, 3.05) is 13.7 Å². The molecule has 0 saturated heterocycles. The number of phenolic OH excluding ortho intramolecular Hbond substituents is 1. The summed E-state index contributed by atoms with van der Waals surface area (Å²) in [7, 11) is 1.37. The molecule has 9 atom stereocenters. The molecule has 282 valence electrons. The van der Waals surface area contributed by atoms with Crippen molar-refractivity contribution < 1.29 is 68.5 Å². The number of carbonyl (C=O) groups excluding carboxylic acids is 5. The molecule has 15 nitrogen and oxygen atoms in total. The number of aliphatic hydroxyl groups is 4. The first-order valence-electron chi connectivity index (χ1n) is 16.7. The standard InChI is InChI=1S/C37H45NO14/c1-15-10-9-11-21(14-39)28(42)17(3)27(41)18(4)33(51-20(6)40)16(2)22(49-8)12-13-50-37(7)35(47)25-23-24(29(43)19(5)34(25)52-37)30(44)26(38-36(15)48)32(46)31(23)45/h9-13,16-18,21-22,27-28,33,39,41-44H,14H2,1-8H3,(H,38,48)/b11-9-,13-12?,15-10-/t16-,17+,18-,21-,22+,27-,28-,33-,37+/m1/s1. The summed E-state index contributed by atoms with van der Waals surface area (Å²) in [5.41, 5.74) is -2.54. The molecule has 3 heterocycles. The summed E-state index contributed by atoms with van der Waals surface area (Å²) in [5, 5.41) is 57.2. The normalized spacial score (nSPS) is 33.2. The van der Waals surface area contributed by atoms with Crippen LogP contribution in [0.1, 0.15) is 73.4 Å². The number of carbonyl (C=O) groups is 5. The summed E-state index contributed by atoms with van der Waals surface area (Å²) >= 11 is 0. The van der Waals surface area contributed by atoms with E-state index < -0.39 is 124 Å². The van der Waals surface area contributed by atoms with Crippen LogP contribution < -0.4 is 10.1 Å². The predicted molar refractivity (Wildman–Crippen MR) is 183 cm³/mol. The minimum Gasteiger partial charge on any atom is -0.507 e. The molecule has 4 aliphatic rings. The first-order valence-corrected chi connectivity index (χ1v) is 16.7. The van der Waals surface area contributed by atoms with E-state index in [1.165, 1.54) is 59.1 Å². The molecule has 0 fully saturated rings. The molecular formula is C37H45NO14. The van der Waals surface area contributed by atoms with Crippen molar-refractivity contribution in [2.24, 2.45) is 23.7 Å². The number of ketones is 3. The van der Waals surface area contributed by atoms with Crippen LogP contribution in [0.2, 0.25) is 0 Å². The second-order valence-electron chi connectivity index (χ2n) is 13.5. The molecule has 1 amide bonds. The number of esters is 1. The van der Waals surface area contributed by atoms with Gasteiger partial charge in [-0.05, 0) is 19.9 Å². The van der Waals surface area contributed by atoms with Crippen molar-refractivity contribution >= 4 is 35.0 Å². The Balaban J connectivity index is 1.89. The molecule has 52 heavy (non-hydrogen) atoms. The number of hydrogen-bond donors (Lipinski definition) is 6. The number of phenols is 1. The second kappa shape index (κ2) is 15.4. The number of aromatic hydroxyl groups is 1. The number of rotatable bonds is 3. The molecule has 0 saturated carbocycles. The topological polar surface area (TPSA) is 235 Å². The fourth-order valence-corrected chi connectivity index (χ4v) is 6.73. The maximum absolute atomic E-state index is 13.9. The monoisotopic (exact) mass is 727 g/mol. The Morgan fingerprint density at radius 1 is 0.942 bits per heavy atom. The van der Waals surface area contributed by atoms with Gasteiger partial charge < -0.3 is 49.8 Å². The van der Waals surface area contributed by atoms with Gasteiger partial charge in [0.1, 0.15) is 23.3 Å². The molecular weight excluding hydrogens is 682 g/mol. The first kappa shape index (κ1) is 39.9. The Morgan fingerprint density at radius 3 is 2.19 bits per heavy atom. The molecule has 6 N–H and O–H groups in total. The third-order valence-electron chi connectivity index (χ3n) is 9.99. The van der Waals surface area contributed by atoms with E-state index in [1.807, 2.05) is 0 Å². The number of Topliss-reactive ketones (excluding diaryl/α,β-unsaturated/α-hetero) is 3. The summed E-state index contributed by atoms with van der Waals surface area (Å²) < 4.78 is 22.9. The van der Waals surface area contributed by atoms with E-state index in [4.69, 9.17) is 18.9 Å². The quantitative estimate of drug-likeness (QED) is 0.194. The zero-order chi connectivity index (χ0) is 39.0. The Morgan fingerprint density at radius 2 is 1.60 bits per heavy atom. The lowest BCUT2D eigenvalue weighted by molar-refractivity contribution is -0.160. The van der Waals surface area contributed by atoms with Gasteiger partial charge in [-0.2, -0.15) is 0 Å². The van der Waals surface area contributed by atoms with Gasteiger partial charge in [0.2, 0.25) is 5.78 Å². The number of amides is 1. The second-order valence-corrected chi connectivity index (χ2v) is 13.5. The van der Waals surface area contributed by atoms with E-state index in [9.17, 15) is 49.5 Å². The summed E-state index contributed by atoms with van der Waals surface area (Å²) in [6.45, 7) is 9.49. The zero-order valence-corrected chi connectivity index (χ0v) is 30.1. The summed E-state index contributed by atoms with van der Waals surface area (Å²) in [5.74, 6) is -12.4. The van der Waals surface area contributed by atoms with Crippen LogP contribution in [0.3, 0.4) is 0 Å². The van der Waals surface area contributed by atoms with Crippen molar-refractivity contribution in [2.45, 2.75) is 78.7 Å². The highest BCUT2D eigenvalue weighted by Crippen LogP contribution is 2.49. The fraction of sp³-hybridized carbons (Fsp3) is 0.486. The Kier molecular flexibility index (Phi) is 11.8. The number of allylic oxidation sites excluding steroid dienone is 3. The highest BCUT2D eigenvalue weighted by atomic mass is 16.7. The molecule has 0 radical (unpaired) electrons. The van der Waals surface area contributed by atoms with Crippen molar-refractivity contribution in [3.63, 3.8) is 0 Å². The van der Waals surface area contributed by atoms with E-state index in [0.29, 0.717) is 0 Å². The summed E-state index contributed by atoms with van der Waals surface area (Å²) in [6.07, 6.45) is 2.14. The van der Waals surface area contributed by atoms with E-state index in [2.05, 4.69) is 5.32 Å². The van der Waals surface area contributed by atoms with E-state index in [1.54, 1.807) is 20.8 Å². The third kappa shape index (κ3) is 7.13. The van der Waals surface area contributed by atoms with Crippen LogP contribution in [0.5, 0.6) is 11.5 Å². The van der Waals surface area contributed by atoms with Gasteiger partial charge in [0.15, 0.2) is 5.76 Å². The lowest BCUT2D eigenvalue weighted by Gasteiger charge is -2.38. The number of benzene rings is 1. The molecule has 1 aromatic carbocycles. The maximum atomic E-state index is 13.9. The minimum atomic E-state index is -2.14. The average Bonchev–Trinajstić information content (AvgIpc) is 3.37. The maximum Gasteiger partial charge on any atom is 0.312 e. The lowest BCUT2D eigenvalue weighted by atomic mass is 9.78. The number of fused-ring (bicyclic) bond motifs is 14. The molecule has 15 heteroatoms. The SMILES string of the molecule is CO[C@H]1C=CO[C@@]2(C)Oc3c(C)c(O)c4c(c3C2=O)C(=O)C(=O)C(=C4O)NC(=O)/C(C)=C\C=C/[C@H](CO)[C@H](O)[C@@H](C)[C@@H](O)[C@@H](C)[C@H](OC(C)=O)[C@@H]1C. The molecule has 0 aromatic heterocycles. The van der Waals surface area contributed by atoms with Crippen molar-refractivity contribution in [1.29, 1.82) is 0 Å². The average molecular weight is 728 g/mol. The lowest BCUT2D eigenvalue weighted by Crippen LogP contribution is -2.47. The van der Waals surface area contributed by atoms with Gasteiger partial charge in [-0.1, -0.05) is 39.0 Å². The number of hydrogen-bond acceptors (Lipinski definition) is 14. The van der Waals surface area contributed by atoms with Crippen molar-refractivity contribution in [3.8, 4) is 11.5 Å². The molecule has 0 spiro atoms. The fourth-order valence-electron chi connectivity index (χ4n) is 6.73. The van der Waals surface area contributed by atoms with Gasteiger partial charge in [-0.15, -0.1) is 0 Å². The molecule has 1 aliphatic carbocycles. The summed E-state index contributed by atoms with van der Waals surface area (Å²) in [6, 6.07) is 0. The molecule has 1 aromatic rings. The van der Waals surface area contributed by atoms with Gasteiger partial charge in [-0.25, -0.2) is 0 Å². The third-order valence-corrected chi connectivity index (χ3v) is 9.99. The van der Waals surface area contributed by atoms with Crippen LogP contribution >= 0.6 is 0 Å². The van der Waals surface area contributed by atoms with E-state index in [-0.39, 0.29) is 16.9 Å². The Labute approximate surface area is 300 Å². The number of methoxy groups -OCH3 is 1. The number of aliphatic hydroxyl groups excluding tert-OH is 4. The first-order chi connectivity index (χ1) is 24.3. The van der Waals surface area contributed by atoms with Crippen LogP contribution in [0.15, 0.2) is 41.8 Å². The van der Waals surface area contributed by atoms with Gasteiger partial charge in [0.05, 0.1) is 47.9 Å². The van der Waals surface area contributed by atoms with Gasteiger partial charge in [0.25, 0.3) is 17.5 Å². The van der Waals surface area contributed by atoms with Crippen molar-refractivity contribution in [1.82, 2.24) is 5.32 Å². The van der Waals surface area contributed by atoms with Crippen LogP contribution in [0.25, 0.3) is 5.76 Å². The molecule has 5 bridgehead atoms. The van der Waals surface area contributed by atoms with Gasteiger partial charge in [-0.3, -0.25) is 24.0 Å². The smallest absolute Gasteiger partial charge is 0.312 e. The molecule has 0 unspecified atom stereocenters. The molecule has 3 aliphatic heterocycles. The Bertz CT molecular complexity index is 1790. The minimum absolute atomic E-state index is 0.0326. The number of nitrogens with one attached hydrogen (secondary N) is 1. The van der Waals surface area contributed by atoms with Crippen molar-refractivity contribution in [3.05, 3.63) is 64.1 Å². The Hall–Kier alpha value is -4.83. The molecule has 5 rings (SSSR count). The highest BCUT2D eigenvalue weighted by molar-refractivity contribution is 6.53. The predicted octanol–water partition coefficient (Wildman–Crippen LogP) is 2.33.